The van der Waals surface area contributed by atoms with Gasteiger partial charge in [-0.15, -0.1) is 0 Å². The van der Waals surface area contributed by atoms with Gasteiger partial charge >= 0.3 is 6.16 Å². The normalized spacial score (nSPS) is 12.8. The molecule has 1 atom stereocenters. The zero-order valence-electron chi connectivity index (χ0n) is 14.0. The molecule has 0 N–H and O–H groups in total. The average molecular weight is 314 g/mol. The summed E-state index contributed by atoms with van der Waals surface area (Å²) < 4.78 is 12.4. The van der Waals surface area contributed by atoms with Crippen LogP contribution >= 0.6 is 11.8 Å². The van der Waals surface area contributed by atoms with Crippen LogP contribution in [-0.2, 0) is 16.0 Å². The summed E-state index contributed by atoms with van der Waals surface area (Å²) in [6, 6.07) is 0. The van der Waals surface area contributed by atoms with Crippen molar-refractivity contribution in [2.75, 3.05) is 0 Å². The minimum Gasteiger partial charge on any atom is -0.432 e. The van der Waals surface area contributed by atoms with Gasteiger partial charge in [0.25, 0.3) is 0 Å². The lowest BCUT2D eigenvalue weighted by Gasteiger charge is -2.16. The van der Waals surface area contributed by atoms with Crippen molar-refractivity contribution in [1.82, 2.24) is 9.55 Å². The third-order valence-electron chi connectivity index (χ3n) is 2.84. The monoisotopic (exact) mass is 314 g/mol. The molecule has 1 heterocycles. The Morgan fingerprint density at radius 2 is 1.81 bits per heavy atom. The first-order valence-electron chi connectivity index (χ1n) is 7.28. The van der Waals surface area contributed by atoms with E-state index >= 15 is 0 Å². The first-order chi connectivity index (χ1) is 9.70. The molecule has 1 aromatic heterocycles. The van der Waals surface area contributed by atoms with E-state index in [4.69, 9.17) is 9.47 Å². The standard InChI is InChI=1S/C15H26N2O3S/c1-9(2)8-17-12(6)11(5)16-14(17)21-13(7)20-15(18)19-10(3)4/h9-10,13H,8H2,1-7H3/t13-/m1/s1. The number of imidazole rings is 1. The Labute approximate surface area is 131 Å². The molecule has 6 heteroatoms. The van der Waals surface area contributed by atoms with Gasteiger partial charge < -0.3 is 14.0 Å². The zero-order valence-corrected chi connectivity index (χ0v) is 14.8. The fourth-order valence-electron chi connectivity index (χ4n) is 1.82. The largest absolute Gasteiger partial charge is 0.509 e. The molecule has 0 bridgehead atoms. The molecule has 0 unspecified atom stereocenters. The molecule has 5 nitrogen and oxygen atoms in total. The Morgan fingerprint density at radius 1 is 1.19 bits per heavy atom. The first kappa shape index (κ1) is 17.9. The fraction of sp³-hybridized carbons (Fsp3) is 0.733. The van der Waals surface area contributed by atoms with Crippen molar-refractivity contribution in [3.63, 3.8) is 0 Å². The summed E-state index contributed by atoms with van der Waals surface area (Å²) in [6.07, 6.45) is -0.817. The van der Waals surface area contributed by atoms with Crippen LogP contribution in [0.4, 0.5) is 4.79 Å². The van der Waals surface area contributed by atoms with Crippen LogP contribution < -0.4 is 0 Å². The predicted octanol–water partition coefficient (Wildman–Crippen LogP) is 4.16. The van der Waals surface area contributed by atoms with E-state index < -0.39 is 6.16 Å². The van der Waals surface area contributed by atoms with E-state index in [1.807, 2.05) is 13.8 Å². The third kappa shape index (κ3) is 5.61. The van der Waals surface area contributed by atoms with Gasteiger partial charge in [-0.3, -0.25) is 0 Å². The quantitative estimate of drug-likeness (QED) is 0.448. The van der Waals surface area contributed by atoms with Crippen LogP contribution in [0.25, 0.3) is 0 Å². The second kappa shape index (κ2) is 7.73. The van der Waals surface area contributed by atoms with E-state index in [0.717, 1.165) is 23.1 Å². The molecule has 1 rings (SSSR count). The molecular formula is C15H26N2O3S. The lowest BCUT2D eigenvalue weighted by molar-refractivity contribution is 0.0311. The van der Waals surface area contributed by atoms with Gasteiger partial charge in [-0.1, -0.05) is 13.8 Å². The molecule has 0 saturated heterocycles. The first-order valence-corrected chi connectivity index (χ1v) is 8.16. The average Bonchev–Trinajstić information content (AvgIpc) is 2.55. The number of aromatic nitrogens is 2. The van der Waals surface area contributed by atoms with Crippen molar-refractivity contribution in [2.24, 2.45) is 5.92 Å². The van der Waals surface area contributed by atoms with E-state index in [-0.39, 0.29) is 11.5 Å². The minimum absolute atomic E-state index is 0.179. The molecule has 0 aliphatic rings. The molecule has 21 heavy (non-hydrogen) atoms. The number of carbonyl (C=O) groups is 1. The smallest absolute Gasteiger partial charge is 0.432 e. The summed E-state index contributed by atoms with van der Waals surface area (Å²) in [5.41, 5.74) is 1.82. The van der Waals surface area contributed by atoms with E-state index in [9.17, 15) is 4.79 Å². The number of hydrogen-bond donors (Lipinski definition) is 0. The SMILES string of the molecule is Cc1nc(S[C@H](C)OC(=O)OC(C)C)n(CC(C)C)c1C. The molecule has 0 amide bonds. The number of carbonyl (C=O) groups excluding carboxylic acids is 1. The number of hydrogen-bond acceptors (Lipinski definition) is 5. The summed E-state index contributed by atoms with van der Waals surface area (Å²) in [4.78, 5) is 16.1. The molecule has 0 saturated carbocycles. The molecular weight excluding hydrogens is 288 g/mol. The van der Waals surface area contributed by atoms with Gasteiger partial charge in [0.05, 0.1) is 11.8 Å². The lowest BCUT2D eigenvalue weighted by atomic mass is 10.2. The molecule has 0 spiro atoms. The molecule has 0 fully saturated rings. The van der Waals surface area contributed by atoms with Crippen LogP contribution in [0.15, 0.2) is 5.16 Å². The molecule has 1 aromatic rings. The highest BCUT2D eigenvalue weighted by Crippen LogP contribution is 2.27. The third-order valence-corrected chi connectivity index (χ3v) is 3.79. The Bertz CT molecular complexity index is 484. The van der Waals surface area contributed by atoms with Gasteiger partial charge in [0.15, 0.2) is 10.6 Å². The van der Waals surface area contributed by atoms with Gasteiger partial charge in [-0.2, -0.15) is 0 Å². The van der Waals surface area contributed by atoms with E-state index in [2.05, 4.69) is 30.3 Å². The van der Waals surface area contributed by atoms with Gasteiger partial charge in [0.1, 0.15) is 0 Å². The maximum absolute atomic E-state index is 11.5. The molecule has 0 aliphatic carbocycles. The van der Waals surface area contributed by atoms with Crippen LogP contribution in [-0.4, -0.2) is 27.2 Å². The number of aryl methyl sites for hydroxylation is 1. The summed E-state index contributed by atoms with van der Waals surface area (Å²) in [5.74, 6) is 0.527. The van der Waals surface area contributed by atoms with Gasteiger partial charge in [0.2, 0.25) is 0 Å². The fourth-order valence-corrected chi connectivity index (χ4v) is 2.77. The topological polar surface area (TPSA) is 53.4 Å². The van der Waals surface area contributed by atoms with Crippen LogP contribution in [0.3, 0.4) is 0 Å². The van der Waals surface area contributed by atoms with Crippen LogP contribution in [0.5, 0.6) is 0 Å². The molecule has 0 aliphatic heterocycles. The molecule has 120 valence electrons. The van der Waals surface area contributed by atoms with Crippen molar-refractivity contribution in [2.45, 2.75) is 71.7 Å². The van der Waals surface area contributed by atoms with Crippen LogP contribution in [0, 0.1) is 19.8 Å². The van der Waals surface area contributed by atoms with Crippen molar-refractivity contribution in [1.29, 1.82) is 0 Å². The minimum atomic E-state index is -0.639. The summed E-state index contributed by atoms with van der Waals surface area (Å²) in [7, 11) is 0. The van der Waals surface area contributed by atoms with E-state index in [1.54, 1.807) is 13.8 Å². The summed E-state index contributed by atoms with van der Waals surface area (Å²) in [5, 5.41) is 0.878. The number of thioether (sulfide) groups is 1. The highest BCUT2D eigenvalue weighted by Gasteiger charge is 2.19. The number of nitrogens with zero attached hydrogens (tertiary/aromatic N) is 2. The van der Waals surface area contributed by atoms with Gasteiger partial charge in [-0.25, -0.2) is 9.78 Å². The second-order valence-corrected chi connectivity index (χ2v) is 7.05. The number of rotatable bonds is 6. The Hall–Kier alpha value is -1.17. The highest BCUT2D eigenvalue weighted by atomic mass is 32.2. The second-order valence-electron chi connectivity index (χ2n) is 5.79. The zero-order chi connectivity index (χ0) is 16.2. The highest BCUT2D eigenvalue weighted by molar-refractivity contribution is 7.99. The Morgan fingerprint density at radius 3 is 2.33 bits per heavy atom. The summed E-state index contributed by atoms with van der Waals surface area (Å²) >= 11 is 1.43. The van der Waals surface area contributed by atoms with E-state index in [0.29, 0.717) is 5.92 Å². The molecule has 0 radical (unpaired) electrons. The maximum atomic E-state index is 11.5. The van der Waals surface area contributed by atoms with Crippen molar-refractivity contribution in [3.8, 4) is 0 Å². The maximum Gasteiger partial charge on any atom is 0.509 e. The Balaban J connectivity index is 2.73. The lowest BCUT2D eigenvalue weighted by Crippen LogP contribution is -2.18. The van der Waals surface area contributed by atoms with Crippen molar-refractivity contribution < 1.29 is 14.3 Å². The molecule has 0 aromatic carbocycles. The van der Waals surface area contributed by atoms with Crippen LogP contribution in [0.1, 0.15) is 46.0 Å². The van der Waals surface area contributed by atoms with Gasteiger partial charge in [0, 0.05) is 12.2 Å². The summed E-state index contributed by atoms with van der Waals surface area (Å²) in [6.45, 7) is 14.7. The Kier molecular flexibility index (Phi) is 6.58. The number of ether oxygens (including phenoxy) is 2. The van der Waals surface area contributed by atoms with Gasteiger partial charge in [-0.05, 0) is 52.3 Å². The van der Waals surface area contributed by atoms with E-state index in [1.165, 1.54) is 11.8 Å². The van der Waals surface area contributed by atoms with Crippen molar-refractivity contribution in [3.05, 3.63) is 11.4 Å². The van der Waals surface area contributed by atoms with Crippen LogP contribution in [0.2, 0.25) is 0 Å². The van der Waals surface area contributed by atoms with Crippen molar-refractivity contribution >= 4 is 17.9 Å². The predicted molar refractivity (Wildman–Crippen MR) is 84.6 cm³/mol.